The second-order valence-electron chi connectivity index (χ2n) is 2.36. The number of carbonyl (C=O) groups excluding carboxylic acids is 2. The zero-order chi connectivity index (χ0) is 11.1. The molecule has 0 aliphatic heterocycles. The molecule has 0 amide bonds. The van der Waals surface area contributed by atoms with Gasteiger partial charge in [-0.3, -0.25) is 0 Å². The van der Waals surface area contributed by atoms with Gasteiger partial charge in [-0.2, -0.15) is 0 Å². The predicted molar refractivity (Wildman–Crippen MR) is 52.9 cm³/mol. The van der Waals surface area contributed by atoms with Crippen LogP contribution in [-0.2, 0) is 23.9 Å². The zero-order valence-corrected chi connectivity index (χ0v) is 7.61. The van der Waals surface area contributed by atoms with Crippen LogP contribution in [0.15, 0.2) is 12.2 Å². The van der Waals surface area contributed by atoms with Gasteiger partial charge < -0.3 is 14.6 Å². The SMILES string of the molecule is C=C(C)C(=O)OCCOC(=O)C(=O)O.[CaH2]. The summed E-state index contributed by atoms with van der Waals surface area (Å²) in [5.41, 5.74) is 0.217. The normalized spacial score (nSPS) is 8.33. The first-order valence-corrected chi connectivity index (χ1v) is 3.68. The Morgan fingerprint density at radius 2 is 1.53 bits per heavy atom. The van der Waals surface area contributed by atoms with E-state index < -0.39 is 17.9 Å². The van der Waals surface area contributed by atoms with Gasteiger partial charge in [0.05, 0.1) is 0 Å². The summed E-state index contributed by atoms with van der Waals surface area (Å²) in [7, 11) is 0. The maximum atomic E-state index is 10.7. The molecule has 0 saturated carbocycles. The molecule has 0 fully saturated rings. The average Bonchev–Trinajstić information content (AvgIpc) is 2.11. The Morgan fingerprint density at radius 1 is 1.13 bits per heavy atom. The van der Waals surface area contributed by atoms with E-state index in [1.807, 2.05) is 0 Å². The van der Waals surface area contributed by atoms with Crippen LogP contribution >= 0.6 is 0 Å². The molecule has 0 spiro atoms. The topological polar surface area (TPSA) is 89.9 Å². The van der Waals surface area contributed by atoms with Crippen LogP contribution in [0.2, 0.25) is 0 Å². The predicted octanol–water partition coefficient (Wildman–Crippen LogP) is -1.18. The summed E-state index contributed by atoms with van der Waals surface area (Å²) in [6.45, 7) is 4.31. The zero-order valence-electron chi connectivity index (χ0n) is 7.61. The maximum absolute atomic E-state index is 10.7. The van der Waals surface area contributed by atoms with Gasteiger partial charge in [0.15, 0.2) is 0 Å². The third-order valence-electron chi connectivity index (χ3n) is 1.07. The second kappa shape index (κ2) is 8.70. The third-order valence-corrected chi connectivity index (χ3v) is 1.07. The van der Waals surface area contributed by atoms with Crippen molar-refractivity contribution in [2.45, 2.75) is 6.92 Å². The number of carbonyl (C=O) groups is 3. The first-order chi connectivity index (χ1) is 6.45. The van der Waals surface area contributed by atoms with Crippen LogP contribution in [0.3, 0.4) is 0 Å². The van der Waals surface area contributed by atoms with E-state index in [4.69, 9.17) is 5.11 Å². The van der Waals surface area contributed by atoms with E-state index in [9.17, 15) is 14.4 Å². The Bertz CT molecular complexity index is 244. The number of rotatable bonds is 4. The van der Waals surface area contributed by atoms with Gasteiger partial charge in [-0.05, 0) is 6.92 Å². The molecule has 0 unspecified atom stereocenters. The van der Waals surface area contributed by atoms with Gasteiger partial charge in [-0.15, -0.1) is 0 Å². The van der Waals surface area contributed by atoms with E-state index in [1.165, 1.54) is 6.92 Å². The number of esters is 2. The van der Waals surface area contributed by atoms with E-state index in [1.54, 1.807) is 0 Å². The number of hydrogen-bond acceptors (Lipinski definition) is 5. The molecule has 0 aliphatic rings. The monoisotopic (exact) mass is 244 g/mol. The summed E-state index contributed by atoms with van der Waals surface area (Å²) < 4.78 is 8.71. The van der Waals surface area contributed by atoms with Crippen molar-refractivity contribution in [1.82, 2.24) is 0 Å². The molecular formula is C8H12CaO6. The fraction of sp³-hybridized carbons (Fsp3) is 0.375. The van der Waals surface area contributed by atoms with Gasteiger partial charge in [-0.1, -0.05) is 6.58 Å². The summed E-state index contributed by atoms with van der Waals surface area (Å²) in [5, 5.41) is 8.08. The Kier molecular flexibility index (Phi) is 9.76. The minimum atomic E-state index is -1.68. The molecule has 6 nitrogen and oxygen atoms in total. The molecule has 0 radical (unpaired) electrons. The van der Waals surface area contributed by atoms with Crippen molar-refractivity contribution in [1.29, 1.82) is 0 Å². The van der Waals surface area contributed by atoms with Gasteiger partial charge in [0.25, 0.3) is 0 Å². The van der Waals surface area contributed by atoms with E-state index in [0.29, 0.717) is 0 Å². The number of aliphatic carboxylic acids is 1. The van der Waals surface area contributed by atoms with Crippen LogP contribution in [-0.4, -0.2) is 74.0 Å². The molecule has 0 heterocycles. The first kappa shape index (κ1) is 16.8. The van der Waals surface area contributed by atoms with Crippen molar-refractivity contribution in [3.8, 4) is 0 Å². The number of hydrogen-bond donors (Lipinski definition) is 1. The third kappa shape index (κ3) is 8.41. The van der Waals surface area contributed by atoms with Crippen LogP contribution in [0.5, 0.6) is 0 Å². The fourth-order valence-electron chi connectivity index (χ4n) is 0.454. The van der Waals surface area contributed by atoms with Gasteiger partial charge in [0.1, 0.15) is 13.2 Å². The number of carboxylic acids is 1. The molecule has 0 saturated heterocycles. The van der Waals surface area contributed by atoms with Gasteiger partial charge in [0, 0.05) is 5.57 Å². The average molecular weight is 244 g/mol. The van der Waals surface area contributed by atoms with E-state index in [-0.39, 0.29) is 56.5 Å². The van der Waals surface area contributed by atoms with E-state index in [0.717, 1.165) is 0 Å². The van der Waals surface area contributed by atoms with Gasteiger partial charge in [0.2, 0.25) is 0 Å². The van der Waals surface area contributed by atoms with Crippen molar-refractivity contribution >= 4 is 55.6 Å². The van der Waals surface area contributed by atoms with Gasteiger partial charge >= 0.3 is 55.6 Å². The molecule has 7 heteroatoms. The van der Waals surface area contributed by atoms with E-state index >= 15 is 0 Å². The van der Waals surface area contributed by atoms with Crippen molar-refractivity contribution in [3.63, 3.8) is 0 Å². The molecular weight excluding hydrogens is 232 g/mol. The summed E-state index contributed by atoms with van der Waals surface area (Å²) in [5.74, 6) is -3.68. The van der Waals surface area contributed by atoms with Crippen molar-refractivity contribution in [2.75, 3.05) is 13.2 Å². The Labute approximate surface area is 116 Å². The van der Waals surface area contributed by atoms with Crippen LogP contribution < -0.4 is 0 Å². The molecule has 0 rings (SSSR count). The number of carboxylic acid groups (broad SMARTS) is 1. The minimum absolute atomic E-state index is 0. The summed E-state index contributed by atoms with van der Waals surface area (Å²) in [6.07, 6.45) is 0. The first-order valence-electron chi connectivity index (χ1n) is 3.68. The van der Waals surface area contributed by atoms with Gasteiger partial charge in [-0.25, -0.2) is 14.4 Å². The van der Waals surface area contributed by atoms with Crippen LogP contribution in [0, 0.1) is 0 Å². The summed E-state index contributed by atoms with van der Waals surface area (Å²) >= 11 is 0. The molecule has 0 aromatic rings. The molecule has 15 heavy (non-hydrogen) atoms. The fourth-order valence-corrected chi connectivity index (χ4v) is 0.454. The molecule has 0 aromatic heterocycles. The quantitative estimate of drug-likeness (QED) is 0.220. The van der Waals surface area contributed by atoms with Crippen LogP contribution in [0.4, 0.5) is 0 Å². The molecule has 0 aromatic carbocycles. The van der Waals surface area contributed by atoms with Crippen LogP contribution in [0.1, 0.15) is 6.92 Å². The van der Waals surface area contributed by atoms with Crippen LogP contribution in [0.25, 0.3) is 0 Å². The summed E-state index contributed by atoms with van der Waals surface area (Å²) in [4.78, 5) is 31.0. The summed E-state index contributed by atoms with van der Waals surface area (Å²) in [6, 6.07) is 0. The molecule has 0 atom stereocenters. The Hall–Kier alpha value is -0.590. The van der Waals surface area contributed by atoms with E-state index in [2.05, 4.69) is 16.1 Å². The molecule has 0 bridgehead atoms. The van der Waals surface area contributed by atoms with Crippen molar-refractivity contribution in [3.05, 3.63) is 12.2 Å². The Morgan fingerprint density at radius 3 is 1.87 bits per heavy atom. The standard InChI is InChI=1S/C8H10O6.Ca.2H/c1-5(2)7(11)13-3-4-14-8(12)6(9)10;;;/h1,3-4H2,2H3,(H,9,10);;;. The van der Waals surface area contributed by atoms with Crippen molar-refractivity contribution < 1.29 is 29.0 Å². The molecule has 82 valence electrons. The molecule has 0 aliphatic carbocycles. The van der Waals surface area contributed by atoms with Crippen molar-refractivity contribution in [2.24, 2.45) is 0 Å². The molecule has 1 N–H and O–H groups in total. The second-order valence-corrected chi connectivity index (χ2v) is 2.36. The number of ether oxygens (including phenoxy) is 2. The Balaban J connectivity index is 0.